The first-order valence-corrected chi connectivity index (χ1v) is 6.58. The van der Waals surface area contributed by atoms with Gasteiger partial charge in [-0.25, -0.2) is 0 Å². The van der Waals surface area contributed by atoms with Gasteiger partial charge in [0.2, 0.25) is 0 Å². The van der Waals surface area contributed by atoms with Crippen LogP contribution in [0.2, 0.25) is 5.02 Å². The highest BCUT2D eigenvalue weighted by atomic mass is 35.5. The summed E-state index contributed by atoms with van der Waals surface area (Å²) in [4.78, 5) is 11.8. The molecule has 1 amide bonds. The standard InChI is InChI=1S/C15H15ClN2O3/c1-20-13-7-6-10(8-11(13)16)18-15(19)9-21-14-5-3-2-4-12(14)17/h2-8H,9,17H2,1H3,(H,18,19). The first-order valence-electron chi connectivity index (χ1n) is 6.21. The number of hydrogen-bond acceptors (Lipinski definition) is 4. The monoisotopic (exact) mass is 306 g/mol. The van der Waals surface area contributed by atoms with Crippen LogP contribution in [0.3, 0.4) is 0 Å². The second kappa shape index (κ2) is 6.85. The summed E-state index contributed by atoms with van der Waals surface area (Å²) in [7, 11) is 1.53. The number of anilines is 2. The summed E-state index contributed by atoms with van der Waals surface area (Å²) in [5, 5.41) is 3.10. The average Bonchev–Trinajstić information content (AvgIpc) is 2.46. The van der Waals surface area contributed by atoms with Gasteiger partial charge >= 0.3 is 0 Å². The van der Waals surface area contributed by atoms with E-state index in [2.05, 4.69) is 5.32 Å². The fraction of sp³-hybridized carbons (Fsp3) is 0.133. The maximum Gasteiger partial charge on any atom is 0.262 e. The van der Waals surface area contributed by atoms with Crippen molar-refractivity contribution < 1.29 is 14.3 Å². The molecule has 0 saturated heterocycles. The minimum Gasteiger partial charge on any atom is -0.495 e. The molecule has 0 unspecified atom stereocenters. The van der Waals surface area contributed by atoms with E-state index in [1.54, 1.807) is 42.5 Å². The summed E-state index contributed by atoms with van der Waals surface area (Å²) < 4.78 is 10.4. The average molecular weight is 307 g/mol. The molecule has 5 nitrogen and oxygen atoms in total. The Labute approximate surface area is 127 Å². The molecule has 2 aromatic rings. The molecule has 0 aliphatic rings. The van der Waals surface area contributed by atoms with Gasteiger partial charge < -0.3 is 20.5 Å². The molecule has 3 N–H and O–H groups in total. The summed E-state index contributed by atoms with van der Waals surface area (Å²) in [6.45, 7) is -0.141. The van der Waals surface area contributed by atoms with E-state index >= 15 is 0 Å². The van der Waals surface area contributed by atoms with Crippen LogP contribution in [0.15, 0.2) is 42.5 Å². The van der Waals surface area contributed by atoms with Crippen molar-refractivity contribution >= 4 is 28.9 Å². The van der Waals surface area contributed by atoms with Crippen LogP contribution < -0.4 is 20.5 Å². The lowest BCUT2D eigenvalue weighted by atomic mass is 10.3. The van der Waals surface area contributed by atoms with Gasteiger partial charge in [-0.1, -0.05) is 23.7 Å². The third kappa shape index (κ3) is 4.03. The van der Waals surface area contributed by atoms with Gasteiger partial charge in [-0.05, 0) is 30.3 Å². The number of carbonyl (C=O) groups excluding carboxylic acids is 1. The summed E-state index contributed by atoms with van der Waals surface area (Å²) in [6, 6.07) is 12.0. The van der Waals surface area contributed by atoms with Crippen LogP contribution in [0.1, 0.15) is 0 Å². The number of halogens is 1. The van der Waals surface area contributed by atoms with E-state index in [0.717, 1.165) is 0 Å². The molecule has 2 rings (SSSR count). The van der Waals surface area contributed by atoms with Gasteiger partial charge in [0, 0.05) is 5.69 Å². The van der Waals surface area contributed by atoms with Crippen molar-refractivity contribution in [2.75, 3.05) is 24.8 Å². The number of hydrogen-bond donors (Lipinski definition) is 2. The lowest BCUT2D eigenvalue weighted by Gasteiger charge is -2.10. The zero-order valence-electron chi connectivity index (χ0n) is 11.4. The fourth-order valence-corrected chi connectivity index (χ4v) is 1.95. The molecule has 0 aliphatic carbocycles. The molecule has 0 fully saturated rings. The molecule has 2 aromatic carbocycles. The maximum absolute atomic E-state index is 11.8. The molecule has 0 saturated carbocycles. The number of carbonyl (C=O) groups is 1. The number of nitrogens with two attached hydrogens (primary N) is 1. The normalized spacial score (nSPS) is 10.0. The predicted molar refractivity (Wildman–Crippen MR) is 83.0 cm³/mol. The predicted octanol–water partition coefficient (Wildman–Crippen LogP) is 2.95. The minimum atomic E-state index is -0.306. The Morgan fingerprint density at radius 3 is 2.67 bits per heavy atom. The van der Waals surface area contributed by atoms with Gasteiger partial charge in [-0.15, -0.1) is 0 Å². The minimum absolute atomic E-state index is 0.141. The van der Waals surface area contributed by atoms with Crippen LogP contribution >= 0.6 is 11.6 Å². The van der Waals surface area contributed by atoms with Crippen LogP contribution in [0.5, 0.6) is 11.5 Å². The van der Waals surface area contributed by atoms with Crippen LogP contribution in [-0.2, 0) is 4.79 Å². The topological polar surface area (TPSA) is 73.6 Å². The summed E-state index contributed by atoms with van der Waals surface area (Å²) in [5.41, 5.74) is 6.77. The molecule has 110 valence electrons. The third-order valence-electron chi connectivity index (χ3n) is 2.71. The molecule has 0 bridgehead atoms. The number of methoxy groups -OCH3 is 1. The number of ether oxygens (including phenoxy) is 2. The van der Waals surface area contributed by atoms with E-state index in [1.807, 2.05) is 0 Å². The number of benzene rings is 2. The molecule has 0 radical (unpaired) electrons. The number of amides is 1. The zero-order valence-corrected chi connectivity index (χ0v) is 12.2. The van der Waals surface area contributed by atoms with Crippen molar-refractivity contribution in [2.24, 2.45) is 0 Å². The van der Waals surface area contributed by atoms with E-state index in [4.69, 9.17) is 26.8 Å². The lowest BCUT2D eigenvalue weighted by molar-refractivity contribution is -0.118. The van der Waals surface area contributed by atoms with Crippen molar-refractivity contribution in [3.63, 3.8) is 0 Å². The van der Waals surface area contributed by atoms with Gasteiger partial charge in [-0.2, -0.15) is 0 Å². The van der Waals surface area contributed by atoms with Gasteiger partial charge in [0.25, 0.3) is 5.91 Å². The van der Waals surface area contributed by atoms with Gasteiger partial charge in [0.15, 0.2) is 6.61 Å². The summed E-state index contributed by atoms with van der Waals surface area (Å²) in [5.74, 6) is 0.711. The molecule has 0 aromatic heterocycles. The molecule has 0 atom stereocenters. The molecule has 0 spiro atoms. The van der Waals surface area contributed by atoms with Crippen LogP contribution in [0.25, 0.3) is 0 Å². The molecule has 6 heteroatoms. The van der Waals surface area contributed by atoms with E-state index in [9.17, 15) is 4.79 Å². The molecule has 0 heterocycles. The highest BCUT2D eigenvalue weighted by molar-refractivity contribution is 6.32. The van der Waals surface area contributed by atoms with Crippen molar-refractivity contribution in [1.29, 1.82) is 0 Å². The third-order valence-corrected chi connectivity index (χ3v) is 3.01. The number of rotatable bonds is 5. The summed E-state index contributed by atoms with van der Waals surface area (Å²) >= 11 is 5.98. The molecular formula is C15H15ClN2O3. The van der Waals surface area contributed by atoms with Gasteiger partial charge in [-0.3, -0.25) is 4.79 Å². The van der Waals surface area contributed by atoms with Crippen molar-refractivity contribution in [3.8, 4) is 11.5 Å². The van der Waals surface area contributed by atoms with E-state index in [-0.39, 0.29) is 12.5 Å². The highest BCUT2D eigenvalue weighted by Gasteiger charge is 2.07. The molecular weight excluding hydrogens is 292 g/mol. The smallest absolute Gasteiger partial charge is 0.262 e. The zero-order chi connectivity index (χ0) is 15.2. The van der Waals surface area contributed by atoms with Crippen molar-refractivity contribution in [2.45, 2.75) is 0 Å². The quantitative estimate of drug-likeness (QED) is 0.833. The Balaban J connectivity index is 1.93. The van der Waals surface area contributed by atoms with Crippen molar-refractivity contribution in [3.05, 3.63) is 47.5 Å². The van der Waals surface area contributed by atoms with Crippen molar-refractivity contribution in [1.82, 2.24) is 0 Å². The van der Waals surface area contributed by atoms with Crippen LogP contribution in [0.4, 0.5) is 11.4 Å². The fourth-order valence-electron chi connectivity index (χ4n) is 1.70. The highest BCUT2D eigenvalue weighted by Crippen LogP contribution is 2.27. The first-order chi connectivity index (χ1) is 10.1. The second-order valence-corrected chi connectivity index (χ2v) is 4.63. The number of para-hydroxylation sites is 2. The Kier molecular flexibility index (Phi) is 4.90. The Morgan fingerprint density at radius 2 is 2.00 bits per heavy atom. The Morgan fingerprint density at radius 1 is 1.24 bits per heavy atom. The first kappa shape index (κ1) is 15.0. The number of nitrogens with one attached hydrogen (secondary N) is 1. The van der Waals surface area contributed by atoms with Crippen LogP contribution in [-0.4, -0.2) is 19.6 Å². The SMILES string of the molecule is COc1ccc(NC(=O)COc2ccccc2N)cc1Cl. The lowest BCUT2D eigenvalue weighted by Crippen LogP contribution is -2.20. The second-order valence-electron chi connectivity index (χ2n) is 4.22. The van der Waals surface area contributed by atoms with Crippen LogP contribution in [0, 0.1) is 0 Å². The van der Waals surface area contributed by atoms with E-state index in [1.165, 1.54) is 7.11 Å². The largest absolute Gasteiger partial charge is 0.495 e. The Bertz CT molecular complexity index is 647. The van der Waals surface area contributed by atoms with Gasteiger partial charge in [0.1, 0.15) is 11.5 Å². The maximum atomic E-state index is 11.8. The molecule has 0 aliphatic heterocycles. The summed E-state index contributed by atoms with van der Waals surface area (Å²) in [6.07, 6.45) is 0. The van der Waals surface area contributed by atoms with E-state index in [0.29, 0.717) is 27.9 Å². The molecule has 21 heavy (non-hydrogen) atoms. The van der Waals surface area contributed by atoms with E-state index < -0.39 is 0 Å². The number of nitrogen functional groups attached to an aromatic ring is 1. The Hall–Kier alpha value is -2.40. The van der Waals surface area contributed by atoms with Gasteiger partial charge in [0.05, 0.1) is 17.8 Å².